The molecule has 3 atom stereocenters. The molecule has 1 aliphatic carbocycles. The van der Waals surface area contributed by atoms with E-state index in [0.717, 1.165) is 12.1 Å². The molecule has 7 nitrogen and oxygen atoms in total. The number of carbonyl (C=O) groups is 2. The van der Waals surface area contributed by atoms with Crippen LogP contribution in [0, 0.1) is 11.8 Å². The van der Waals surface area contributed by atoms with Crippen LogP contribution in [0.25, 0.3) is 0 Å². The molecule has 24 heavy (non-hydrogen) atoms. The molecule has 0 radical (unpaired) electrons. The highest BCUT2D eigenvalue weighted by atomic mass is 16.7. The average Bonchev–Trinajstić information content (AvgIpc) is 2.94. The lowest BCUT2D eigenvalue weighted by Crippen LogP contribution is -2.42. The second-order valence-electron chi connectivity index (χ2n) is 6.49. The third kappa shape index (κ3) is 3.90. The number of nitrogens with zero attached hydrogens (tertiary/aromatic N) is 2. The third-order valence-corrected chi connectivity index (χ3v) is 4.51. The second-order valence-corrected chi connectivity index (χ2v) is 6.49. The zero-order valence-electron chi connectivity index (χ0n) is 14.9. The zero-order valence-corrected chi connectivity index (χ0v) is 14.9. The Bertz CT molecular complexity index is 555. The molecule has 0 spiro atoms. The van der Waals surface area contributed by atoms with Gasteiger partial charge in [-0.1, -0.05) is 11.6 Å². The van der Waals surface area contributed by atoms with Gasteiger partial charge in [0.15, 0.2) is 0 Å². The van der Waals surface area contributed by atoms with Gasteiger partial charge < -0.3 is 24.0 Å². The van der Waals surface area contributed by atoms with Crippen molar-refractivity contribution in [3.63, 3.8) is 0 Å². The minimum absolute atomic E-state index is 0.0731. The van der Waals surface area contributed by atoms with E-state index >= 15 is 0 Å². The summed E-state index contributed by atoms with van der Waals surface area (Å²) in [6, 6.07) is 0. The Kier molecular flexibility index (Phi) is 5.88. The summed E-state index contributed by atoms with van der Waals surface area (Å²) in [5, 5.41) is 0. The summed E-state index contributed by atoms with van der Waals surface area (Å²) < 4.78 is 15.9. The minimum Gasteiger partial charge on any atom is -0.466 e. The number of amides is 1. The molecule has 0 aromatic carbocycles. The highest BCUT2D eigenvalue weighted by Gasteiger charge is 2.44. The number of methoxy groups -OCH3 is 1. The summed E-state index contributed by atoms with van der Waals surface area (Å²) in [5.74, 6) is -0.632. The maximum absolute atomic E-state index is 12.3. The first kappa shape index (κ1) is 18.3. The van der Waals surface area contributed by atoms with Gasteiger partial charge in [0.25, 0.3) is 6.29 Å². The highest BCUT2D eigenvalue weighted by molar-refractivity contribution is 5.89. The monoisotopic (exact) mass is 338 g/mol. The molecule has 0 N–H and O–H groups in total. The van der Waals surface area contributed by atoms with Gasteiger partial charge in [-0.05, 0) is 27.4 Å². The molecule has 1 heterocycles. The first-order valence-electron chi connectivity index (χ1n) is 8.02. The van der Waals surface area contributed by atoms with Crippen molar-refractivity contribution in [2.75, 3.05) is 41.3 Å². The van der Waals surface area contributed by atoms with Crippen LogP contribution in [0.1, 0.15) is 13.3 Å². The lowest BCUT2D eigenvalue weighted by Gasteiger charge is -2.34. The third-order valence-electron chi connectivity index (χ3n) is 4.51. The van der Waals surface area contributed by atoms with Gasteiger partial charge in [0.2, 0.25) is 0 Å². The molecule has 134 valence electrons. The standard InChI is InChI=1S/C17H26N2O5/c1-11-6-7-12-13(15(20)22-5)10-23-16(14(11)12)24-17(21)19(4)9-8-18(2)3/h6,10,12,14,16H,7-9H2,1-5H3. The Hall–Kier alpha value is -2.02. The topological polar surface area (TPSA) is 68.3 Å². The molecule has 0 bridgehead atoms. The second kappa shape index (κ2) is 7.70. The van der Waals surface area contributed by atoms with E-state index < -0.39 is 18.4 Å². The lowest BCUT2D eigenvalue weighted by molar-refractivity contribution is -0.142. The summed E-state index contributed by atoms with van der Waals surface area (Å²) >= 11 is 0. The van der Waals surface area contributed by atoms with E-state index in [4.69, 9.17) is 14.2 Å². The van der Waals surface area contributed by atoms with E-state index in [1.807, 2.05) is 25.9 Å². The van der Waals surface area contributed by atoms with Gasteiger partial charge in [-0.25, -0.2) is 9.59 Å². The molecule has 3 unspecified atom stereocenters. The number of hydrogen-bond acceptors (Lipinski definition) is 6. The molecule has 2 rings (SSSR count). The smallest absolute Gasteiger partial charge is 0.412 e. The van der Waals surface area contributed by atoms with E-state index in [-0.39, 0.29) is 11.8 Å². The Labute approximate surface area is 142 Å². The number of fused-ring (bicyclic) bond motifs is 1. The van der Waals surface area contributed by atoms with Crippen molar-refractivity contribution in [3.8, 4) is 0 Å². The van der Waals surface area contributed by atoms with Gasteiger partial charge in [-0.2, -0.15) is 0 Å². The molecule has 0 aromatic heterocycles. The van der Waals surface area contributed by atoms with Crippen molar-refractivity contribution in [2.45, 2.75) is 19.6 Å². The number of rotatable bonds is 5. The van der Waals surface area contributed by atoms with Crippen LogP contribution in [0.5, 0.6) is 0 Å². The summed E-state index contributed by atoms with van der Waals surface area (Å²) in [5.41, 5.74) is 1.55. The van der Waals surface area contributed by atoms with Crippen LogP contribution in [0.15, 0.2) is 23.5 Å². The molecule has 1 aliphatic heterocycles. The van der Waals surface area contributed by atoms with Crippen molar-refractivity contribution >= 4 is 12.1 Å². The summed E-state index contributed by atoms with van der Waals surface area (Å²) in [6.45, 7) is 3.27. The van der Waals surface area contributed by atoms with Crippen molar-refractivity contribution in [2.24, 2.45) is 11.8 Å². The van der Waals surface area contributed by atoms with Crippen molar-refractivity contribution < 1.29 is 23.8 Å². The van der Waals surface area contributed by atoms with Crippen molar-refractivity contribution in [1.82, 2.24) is 9.80 Å². The maximum Gasteiger partial charge on any atom is 0.412 e. The lowest BCUT2D eigenvalue weighted by atomic mass is 9.84. The van der Waals surface area contributed by atoms with Crippen LogP contribution in [0.4, 0.5) is 4.79 Å². The minimum atomic E-state index is -0.725. The molecule has 0 fully saturated rings. The van der Waals surface area contributed by atoms with Crippen LogP contribution in [0.2, 0.25) is 0 Å². The van der Waals surface area contributed by atoms with E-state index in [2.05, 4.69) is 6.08 Å². The van der Waals surface area contributed by atoms with Gasteiger partial charge in [-0.15, -0.1) is 0 Å². The van der Waals surface area contributed by atoms with E-state index in [1.165, 1.54) is 18.3 Å². The van der Waals surface area contributed by atoms with E-state index in [9.17, 15) is 9.59 Å². The number of carbonyl (C=O) groups excluding carboxylic acids is 2. The normalized spacial score (nSPS) is 25.3. The van der Waals surface area contributed by atoms with Gasteiger partial charge in [0.1, 0.15) is 0 Å². The van der Waals surface area contributed by atoms with Crippen LogP contribution >= 0.6 is 0 Å². The number of ether oxygens (including phenoxy) is 3. The maximum atomic E-state index is 12.3. The van der Waals surface area contributed by atoms with Gasteiger partial charge in [0, 0.05) is 26.1 Å². The van der Waals surface area contributed by atoms with Gasteiger partial charge in [0.05, 0.1) is 24.9 Å². The van der Waals surface area contributed by atoms with Gasteiger partial charge >= 0.3 is 12.1 Å². The Morgan fingerprint density at radius 2 is 2.00 bits per heavy atom. The van der Waals surface area contributed by atoms with Crippen LogP contribution in [-0.2, 0) is 19.0 Å². The zero-order chi connectivity index (χ0) is 17.9. The largest absolute Gasteiger partial charge is 0.466 e. The number of allylic oxidation sites excluding steroid dienone is 1. The predicted molar refractivity (Wildman–Crippen MR) is 88.0 cm³/mol. The Balaban J connectivity index is 2.05. The SMILES string of the molecule is COC(=O)C1=COC(OC(=O)N(C)CCN(C)C)C2C(C)=CCC12. The molecule has 0 saturated carbocycles. The molecule has 2 aliphatic rings. The number of likely N-dealkylation sites (N-methyl/N-ethyl adjacent to an activating group) is 2. The van der Waals surface area contributed by atoms with Crippen LogP contribution < -0.4 is 0 Å². The number of esters is 1. The molecule has 0 saturated heterocycles. The first-order chi connectivity index (χ1) is 11.3. The Morgan fingerprint density at radius 1 is 1.29 bits per heavy atom. The summed E-state index contributed by atoms with van der Waals surface area (Å²) in [4.78, 5) is 27.7. The van der Waals surface area contributed by atoms with Crippen LogP contribution in [-0.4, -0.2) is 69.5 Å². The quantitative estimate of drug-likeness (QED) is 0.560. The Morgan fingerprint density at radius 3 is 2.62 bits per heavy atom. The molecular formula is C17H26N2O5. The molecule has 0 aromatic rings. The molecule has 7 heteroatoms. The van der Waals surface area contributed by atoms with Crippen LogP contribution in [0.3, 0.4) is 0 Å². The predicted octanol–water partition coefficient (Wildman–Crippen LogP) is 1.61. The van der Waals surface area contributed by atoms with Crippen molar-refractivity contribution in [3.05, 3.63) is 23.5 Å². The van der Waals surface area contributed by atoms with E-state index in [0.29, 0.717) is 18.5 Å². The van der Waals surface area contributed by atoms with Crippen molar-refractivity contribution in [1.29, 1.82) is 0 Å². The number of hydrogen-bond donors (Lipinski definition) is 0. The van der Waals surface area contributed by atoms with E-state index in [1.54, 1.807) is 7.05 Å². The average molecular weight is 338 g/mol. The van der Waals surface area contributed by atoms with Gasteiger partial charge in [-0.3, -0.25) is 0 Å². The fourth-order valence-electron chi connectivity index (χ4n) is 3.00. The summed E-state index contributed by atoms with van der Waals surface area (Å²) in [7, 11) is 6.93. The molecule has 1 amide bonds. The summed E-state index contributed by atoms with van der Waals surface area (Å²) in [6.07, 6.45) is 2.98. The highest BCUT2D eigenvalue weighted by Crippen LogP contribution is 2.43. The molecular weight excluding hydrogens is 312 g/mol. The fraction of sp³-hybridized carbons (Fsp3) is 0.647. The fourth-order valence-corrected chi connectivity index (χ4v) is 3.00. The first-order valence-corrected chi connectivity index (χ1v) is 8.02.